The second-order valence-electron chi connectivity index (χ2n) is 5.24. The van der Waals surface area contributed by atoms with Crippen LogP contribution in [0.1, 0.15) is 20.1 Å². The number of hydrogen-bond donors (Lipinski definition) is 1. The average molecular weight is 392 g/mol. The van der Waals surface area contributed by atoms with Crippen molar-refractivity contribution in [2.75, 3.05) is 0 Å². The molecule has 0 aliphatic carbocycles. The number of hydrogen-bond acceptors (Lipinski definition) is 4. The zero-order valence-electron chi connectivity index (χ0n) is 13.0. The molecule has 0 aliphatic rings. The molecule has 0 atom stereocenters. The van der Waals surface area contributed by atoms with Crippen LogP contribution in [-0.2, 0) is 16.6 Å². The molecular weight excluding hydrogens is 378 g/mol. The van der Waals surface area contributed by atoms with Gasteiger partial charge in [0.05, 0.1) is 9.77 Å². The SMILES string of the molecule is O=C(c1ccccc1)c1ccc(CNS(=O)(=O)c2ccc(Cl)cc2)s1. The largest absolute Gasteiger partial charge is 0.288 e. The lowest BCUT2D eigenvalue weighted by Crippen LogP contribution is -2.22. The van der Waals surface area contributed by atoms with Crippen LogP contribution in [-0.4, -0.2) is 14.2 Å². The van der Waals surface area contributed by atoms with E-state index < -0.39 is 10.0 Å². The van der Waals surface area contributed by atoms with Crippen LogP contribution < -0.4 is 4.72 Å². The molecule has 0 radical (unpaired) electrons. The minimum Gasteiger partial charge on any atom is -0.288 e. The van der Waals surface area contributed by atoms with Crippen LogP contribution in [0.3, 0.4) is 0 Å². The fourth-order valence-electron chi connectivity index (χ4n) is 2.19. The molecule has 4 nitrogen and oxygen atoms in total. The maximum atomic E-state index is 12.4. The molecule has 7 heteroatoms. The molecule has 0 unspecified atom stereocenters. The smallest absolute Gasteiger partial charge is 0.240 e. The molecule has 3 rings (SSSR count). The second kappa shape index (κ2) is 7.49. The van der Waals surface area contributed by atoms with Crippen LogP contribution >= 0.6 is 22.9 Å². The summed E-state index contributed by atoms with van der Waals surface area (Å²) in [6, 6.07) is 18.4. The Labute approximate surface area is 155 Å². The number of carbonyl (C=O) groups is 1. The van der Waals surface area contributed by atoms with Gasteiger partial charge < -0.3 is 0 Å². The highest BCUT2D eigenvalue weighted by atomic mass is 35.5. The molecule has 0 spiro atoms. The average Bonchev–Trinajstić information content (AvgIpc) is 3.10. The maximum Gasteiger partial charge on any atom is 0.240 e. The Bertz CT molecular complexity index is 981. The minimum atomic E-state index is -3.63. The lowest BCUT2D eigenvalue weighted by atomic mass is 10.1. The third kappa shape index (κ3) is 4.35. The van der Waals surface area contributed by atoms with Crippen molar-refractivity contribution < 1.29 is 13.2 Å². The predicted molar refractivity (Wildman–Crippen MR) is 99.7 cm³/mol. The van der Waals surface area contributed by atoms with Crippen molar-refractivity contribution in [1.29, 1.82) is 0 Å². The normalized spacial score (nSPS) is 11.4. The van der Waals surface area contributed by atoms with E-state index in [1.54, 1.807) is 24.3 Å². The molecule has 128 valence electrons. The van der Waals surface area contributed by atoms with E-state index in [2.05, 4.69) is 4.72 Å². The van der Waals surface area contributed by atoms with Crippen molar-refractivity contribution >= 4 is 38.7 Å². The topological polar surface area (TPSA) is 63.2 Å². The molecule has 2 aromatic carbocycles. The molecule has 0 fully saturated rings. The van der Waals surface area contributed by atoms with Gasteiger partial charge in [0.2, 0.25) is 15.8 Å². The number of carbonyl (C=O) groups excluding carboxylic acids is 1. The van der Waals surface area contributed by atoms with Crippen molar-refractivity contribution in [1.82, 2.24) is 4.72 Å². The van der Waals surface area contributed by atoms with Crippen molar-refractivity contribution in [3.05, 3.63) is 87.1 Å². The molecule has 0 saturated heterocycles. The molecule has 1 N–H and O–H groups in total. The highest BCUT2D eigenvalue weighted by Gasteiger charge is 2.15. The number of nitrogens with one attached hydrogen (secondary N) is 1. The first-order valence-electron chi connectivity index (χ1n) is 7.39. The molecule has 0 amide bonds. The summed E-state index contributed by atoms with van der Waals surface area (Å²) in [6.07, 6.45) is 0. The molecule has 0 bridgehead atoms. The third-order valence-corrected chi connectivity index (χ3v) is 6.23. The number of sulfonamides is 1. The monoisotopic (exact) mass is 391 g/mol. The van der Waals surface area contributed by atoms with Crippen molar-refractivity contribution in [2.24, 2.45) is 0 Å². The van der Waals surface area contributed by atoms with Crippen LogP contribution in [0.15, 0.2) is 71.6 Å². The molecule has 0 aliphatic heterocycles. The van der Waals surface area contributed by atoms with E-state index in [1.165, 1.54) is 35.6 Å². The summed E-state index contributed by atoms with van der Waals surface area (Å²) in [6.45, 7) is 0.123. The summed E-state index contributed by atoms with van der Waals surface area (Å²) in [5.41, 5.74) is 0.609. The van der Waals surface area contributed by atoms with E-state index in [0.717, 1.165) is 4.88 Å². The van der Waals surface area contributed by atoms with Crippen LogP contribution in [0.2, 0.25) is 5.02 Å². The number of thiophene rings is 1. The summed E-state index contributed by atoms with van der Waals surface area (Å²) in [7, 11) is -3.63. The maximum absolute atomic E-state index is 12.4. The van der Waals surface area contributed by atoms with Gasteiger partial charge in [-0.2, -0.15) is 0 Å². The highest BCUT2D eigenvalue weighted by molar-refractivity contribution is 7.89. The van der Waals surface area contributed by atoms with Gasteiger partial charge in [-0.05, 0) is 36.4 Å². The molecule has 25 heavy (non-hydrogen) atoms. The van der Waals surface area contributed by atoms with Gasteiger partial charge in [-0.25, -0.2) is 13.1 Å². The predicted octanol–water partition coefficient (Wildman–Crippen LogP) is 4.11. The van der Waals surface area contributed by atoms with E-state index in [1.807, 2.05) is 18.2 Å². The van der Waals surface area contributed by atoms with Gasteiger partial charge in [-0.1, -0.05) is 41.9 Å². The van der Waals surface area contributed by atoms with E-state index in [9.17, 15) is 13.2 Å². The first-order valence-corrected chi connectivity index (χ1v) is 10.1. The number of rotatable bonds is 6. The van der Waals surface area contributed by atoms with Crippen LogP contribution in [0.25, 0.3) is 0 Å². The quantitative estimate of drug-likeness (QED) is 0.643. The molecule has 1 aromatic heterocycles. The van der Waals surface area contributed by atoms with E-state index in [-0.39, 0.29) is 17.2 Å². The van der Waals surface area contributed by atoms with Gasteiger partial charge in [-0.15, -0.1) is 11.3 Å². The Morgan fingerprint density at radius 3 is 2.32 bits per heavy atom. The second-order valence-corrected chi connectivity index (χ2v) is 8.61. The van der Waals surface area contributed by atoms with Crippen LogP contribution in [0, 0.1) is 0 Å². The molecular formula is C18H14ClNO3S2. The zero-order valence-corrected chi connectivity index (χ0v) is 15.4. The van der Waals surface area contributed by atoms with Gasteiger partial charge in [0, 0.05) is 22.0 Å². The number of halogens is 1. The van der Waals surface area contributed by atoms with E-state index in [4.69, 9.17) is 11.6 Å². The van der Waals surface area contributed by atoms with Gasteiger partial charge in [0.1, 0.15) is 0 Å². The lowest BCUT2D eigenvalue weighted by Gasteiger charge is -2.05. The first-order chi connectivity index (χ1) is 12.0. The Kier molecular flexibility index (Phi) is 5.34. The number of benzene rings is 2. The Hall–Kier alpha value is -1.99. The van der Waals surface area contributed by atoms with Crippen molar-refractivity contribution in [3.63, 3.8) is 0 Å². The first kappa shape index (κ1) is 17.8. The summed E-state index contributed by atoms with van der Waals surface area (Å²) < 4.78 is 27.1. The van der Waals surface area contributed by atoms with Gasteiger partial charge in [0.25, 0.3) is 0 Å². The highest BCUT2D eigenvalue weighted by Crippen LogP contribution is 2.21. The fourth-order valence-corrected chi connectivity index (χ4v) is 4.32. The lowest BCUT2D eigenvalue weighted by molar-refractivity contribution is 0.104. The van der Waals surface area contributed by atoms with Crippen molar-refractivity contribution in [3.8, 4) is 0 Å². The number of ketones is 1. The molecule has 3 aromatic rings. The summed E-state index contributed by atoms with van der Waals surface area (Å²) in [4.78, 5) is 13.9. The van der Waals surface area contributed by atoms with Gasteiger partial charge >= 0.3 is 0 Å². The minimum absolute atomic E-state index is 0.0718. The fraction of sp³-hybridized carbons (Fsp3) is 0.0556. The van der Waals surface area contributed by atoms with Crippen molar-refractivity contribution in [2.45, 2.75) is 11.4 Å². The third-order valence-electron chi connectivity index (χ3n) is 3.48. The molecule has 0 saturated carbocycles. The Morgan fingerprint density at radius 2 is 1.64 bits per heavy atom. The Morgan fingerprint density at radius 1 is 0.960 bits per heavy atom. The Balaban J connectivity index is 1.69. The van der Waals surface area contributed by atoms with Gasteiger partial charge in [-0.3, -0.25) is 4.79 Å². The van der Waals surface area contributed by atoms with Crippen LogP contribution in [0.4, 0.5) is 0 Å². The summed E-state index contributed by atoms with van der Waals surface area (Å²) >= 11 is 7.05. The summed E-state index contributed by atoms with van der Waals surface area (Å²) in [5.74, 6) is -0.0718. The van der Waals surface area contributed by atoms with Gasteiger partial charge in [0.15, 0.2) is 0 Å². The van der Waals surface area contributed by atoms with E-state index >= 15 is 0 Å². The summed E-state index contributed by atoms with van der Waals surface area (Å²) in [5, 5.41) is 0.473. The van der Waals surface area contributed by atoms with E-state index in [0.29, 0.717) is 15.5 Å². The molecule has 1 heterocycles. The standard InChI is InChI=1S/C18H14ClNO3S2/c19-14-6-9-16(10-7-14)25(22,23)20-12-15-8-11-17(24-15)18(21)13-4-2-1-3-5-13/h1-11,20H,12H2. The van der Waals surface area contributed by atoms with Crippen LogP contribution in [0.5, 0.6) is 0 Å². The zero-order chi connectivity index (χ0) is 17.9.